The summed E-state index contributed by atoms with van der Waals surface area (Å²) in [6, 6.07) is 10.7. The number of carbonyl (C=O) groups is 2. The van der Waals surface area contributed by atoms with Gasteiger partial charge in [0, 0.05) is 27.2 Å². The molecular weight excluding hydrogens is 496 g/mol. The van der Waals surface area contributed by atoms with Crippen molar-refractivity contribution in [2.45, 2.75) is 25.3 Å². The Morgan fingerprint density at radius 3 is 2.08 bits per heavy atom. The molecule has 0 aliphatic heterocycles. The summed E-state index contributed by atoms with van der Waals surface area (Å²) in [6.07, 6.45) is 0. The van der Waals surface area contributed by atoms with Gasteiger partial charge < -0.3 is 24.6 Å². The molecule has 0 radical (unpaired) electrons. The van der Waals surface area contributed by atoms with Gasteiger partial charge in [-0.2, -0.15) is 4.31 Å². The molecule has 0 spiro atoms. The van der Waals surface area contributed by atoms with Gasteiger partial charge >= 0.3 is 0 Å². The van der Waals surface area contributed by atoms with Gasteiger partial charge in [-0.1, -0.05) is 12.1 Å². The molecule has 2 aromatic rings. The van der Waals surface area contributed by atoms with E-state index in [0.29, 0.717) is 30.0 Å². The van der Waals surface area contributed by atoms with Crippen molar-refractivity contribution in [2.24, 2.45) is 0 Å². The van der Waals surface area contributed by atoms with Gasteiger partial charge in [0.15, 0.2) is 0 Å². The van der Waals surface area contributed by atoms with Gasteiger partial charge in [-0.25, -0.2) is 8.42 Å². The lowest BCUT2D eigenvalue weighted by Gasteiger charge is -2.21. The highest BCUT2D eigenvalue weighted by molar-refractivity contribution is 7.89. The number of nitrogens with one attached hydrogen (secondary N) is 1. The lowest BCUT2D eigenvalue weighted by Crippen LogP contribution is -2.43. The van der Waals surface area contributed by atoms with Gasteiger partial charge in [0.2, 0.25) is 21.8 Å². The first kappa shape index (κ1) is 30.1. The first-order chi connectivity index (χ1) is 17.3. The van der Waals surface area contributed by atoms with Crippen molar-refractivity contribution in [1.29, 1.82) is 0 Å². The van der Waals surface area contributed by atoms with Gasteiger partial charge in [-0.05, 0) is 68.9 Å². The third-order valence-electron chi connectivity index (χ3n) is 5.72. The first-order valence-corrected chi connectivity index (χ1v) is 13.3. The molecule has 204 valence electrons. The maximum absolute atomic E-state index is 13.1. The number of ether oxygens (including phenoxy) is 2. The van der Waals surface area contributed by atoms with E-state index in [4.69, 9.17) is 9.47 Å². The van der Waals surface area contributed by atoms with Crippen molar-refractivity contribution >= 4 is 21.8 Å². The average molecular weight is 535 g/mol. The Bertz CT molecular complexity index is 1160. The number of nitrogens with zero attached hydrogens (tertiary/aromatic N) is 3. The number of amides is 2. The zero-order chi connectivity index (χ0) is 27.8. The highest BCUT2D eigenvalue weighted by atomic mass is 32.2. The normalized spacial score (nSPS) is 11.5. The Kier molecular flexibility index (Phi) is 10.9. The summed E-state index contributed by atoms with van der Waals surface area (Å²) in [7, 11) is 4.52. The van der Waals surface area contributed by atoms with E-state index in [1.807, 2.05) is 43.3 Å². The van der Waals surface area contributed by atoms with Crippen molar-refractivity contribution in [3.63, 3.8) is 0 Å². The zero-order valence-corrected chi connectivity index (χ0v) is 23.5. The number of hydrogen-bond donors (Lipinski definition) is 1. The second-order valence-electron chi connectivity index (χ2n) is 9.17. The molecule has 0 atom stereocenters. The molecule has 0 bridgehead atoms. The predicted octanol–water partition coefficient (Wildman–Crippen LogP) is 1.65. The lowest BCUT2D eigenvalue weighted by atomic mass is 10.1. The maximum atomic E-state index is 13.1. The van der Waals surface area contributed by atoms with Crippen LogP contribution in [-0.4, -0.2) is 95.9 Å². The van der Waals surface area contributed by atoms with Crippen LogP contribution in [0.1, 0.15) is 16.7 Å². The number of rotatable bonds is 13. The van der Waals surface area contributed by atoms with E-state index in [2.05, 4.69) is 5.32 Å². The van der Waals surface area contributed by atoms with Crippen molar-refractivity contribution in [3.8, 4) is 11.5 Å². The van der Waals surface area contributed by atoms with Gasteiger partial charge in [0.25, 0.3) is 0 Å². The average Bonchev–Trinajstić information content (AvgIpc) is 2.82. The zero-order valence-electron chi connectivity index (χ0n) is 22.7. The van der Waals surface area contributed by atoms with Crippen LogP contribution in [0.3, 0.4) is 0 Å². The molecule has 11 heteroatoms. The van der Waals surface area contributed by atoms with Crippen LogP contribution < -0.4 is 14.8 Å². The molecule has 10 nitrogen and oxygen atoms in total. The van der Waals surface area contributed by atoms with Crippen LogP contribution in [0.15, 0.2) is 41.3 Å². The number of sulfonamides is 1. The SMILES string of the molecule is COc1cc(C)c(S(=O)(=O)N(C)CC(=O)NCC(=O)N(C)Cc2ccc(OCCN(C)C)cc2)c(C)c1. The molecule has 0 aliphatic rings. The Morgan fingerprint density at radius 2 is 1.54 bits per heavy atom. The number of aryl methyl sites for hydroxylation is 2. The highest BCUT2D eigenvalue weighted by Crippen LogP contribution is 2.27. The fourth-order valence-corrected chi connectivity index (χ4v) is 5.17. The molecule has 1 N–H and O–H groups in total. The van der Waals surface area contributed by atoms with E-state index in [1.54, 1.807) is 33.0 Å². The van der Waals surface area contributed by atoms with Crippen LogP contribution in [0, 0.1) is 13.8 Å². The van der Waals surface area contributed by atoms with Crippen LogP contribution in [0.2, 0.25) is 0 Å². The second kappa shape index (κ2) is 13.4. The monoisotopic (exact) mass is 534 g/mol. The third kappa shape index (κ3) is 8.73. The summed E-state index contributed by atoms with van der Waals surface area (Å²) in [5.41, 5.74) is 1.96. The van der Waals surface area contributed by atoms with Gasteiger partial charge in [-0.3, -0.25) is 9.59 Å². The third-order valence-corrected chi connectivity index (χ3v) is 7.83. The number of hydrogen-bond acceptors (Lipinski definition) is 7. The summed E-state index contributed by atoms with van der Waals surface area (Å²) >= 11 is 0. The summed E-state index contributed by atoms with van der Waals surface area (Å²) in [5.74, 6) is 0.440. The Labute approximate surface area is 220 Å². The lowest BCUT2D eigenvalue weighted by molar-refractivity contribution is -0.132. The molecule has 0 heterocycles. The molecule has 0 fully saturated rings. The summed E-state index contributed by atoms with van der Waals surface area (Å²) in [4.78, 5) is 28.6. The minimum Gasteiger partial charge on any atom is -0.497 e. The molecule has 0 aliphatic carbocycles. The second-order valence-corrected chi connectivity index (χ2v) is 11.2. The highest BCUT2D eigenvalue weighted by Gasteiger charge is 2.27. The minimum atomic E-state index is -3.92. The van der Waals surface area contributed by atoms with Crippen LogP contribution in [0.4, 0.5) is 0 Å². The largest absolute Gasteiger partial charge is 0.497 e. The Morgan fingerprint density at radius 1 is 0.946 bits per heavy atom. The van der Waals surface area contributed by atoms with Gasteiger partial charge in [-0.15, -0.1) is 0 Å². The number of methoxy groups -OCH3 is 1. The number of carbonyl (C=O) groups excluding carboxylic acids is 2. The van der Waals surface area contributed by atoms with E-state index in [9.17, 15) is 18.0 Å². The molecule has 2 amide bonds. The van der Waals surface area contributed by atoms with Crippen molar-refractivity contribution < 1.29 is 27.5 Å². The predicted molar refractivity (Wildman–Crippen MR) is 142 cm³/mol. The quantitative estimate of drug-likeness (QED) is 0.416. The maximum Gasteiger partial charge on any atom is 0.243 e. The molecule has 2 rings (SSSR count). The molecule has 0 unspecified atom stereocenters. The summed E-state index contributed by atoms with van der Waals surface area (Å²) in [5, 5.41) is 2.51. The Hall–Kier alpha value is -3.15. The van der Waals surface area contributed by atoms with E-state index in [1.165, 1.54) is 19.1 Å². The topological polar surface area (TPSA) is 108 Å². The van der Waals surface area contributed by atoms with Crippen LogP contribution >= 0.6 is 0 Å². The molecule has 0 aromatic heterocycles. The van der Waals surface area contributed by atoms with Crippen LogP contribution in [0.25, 0.3) is 0 Å². The number of benzene rings is 2. The summed E-state index contributed by atoms with van der Waals surface area (Å²) in [6.45, 7) is 4.45. The van der Waals surface area contributed by atoms with Crippen LogP contribution in [0.5, 0.6) is 11.5 Å². The van der Waals surface area contributed by atoms with Crippen molar-refractivity contribution in [3.05, 3.63) is 53.1 Å². The van der Waals surface area contributed by atoms with E-state index >= 15 is 0 Å². The molecule has 0 saturated carbocycles. The number of likely N-dealkylation sites (N-methyl/N-ethyl adjacent to an activating group) is 3. The van der Waals surface area contributed by atoms with Crippen molar-refractivity contribution in [2.75, 3.05) is 61.5 Å². The van der Waals surface area contributed by atoms with Crippen molar-refractivity contribution in [1.82, 2.24) is 19.4 Å². The van der Waals surface area contributed by atoms with E-state index in [-0.39, 0.29) is 17.3 Å². The van der Waals surface area contributed by atoms with Crippen LogP contribution in [-0.2, 0) is 26.2 Å². The molecule has 0 saturated heterocycles. The van der Waals surface area contributed by atoms with Gasteiger partial charge in [0.05, 0.1) is 25.1 Å². The van der Waals surface area contributed by atoms with E-state index in [0.717, 1.165) is 22.2 Å². The smallest absolute Gasteiger partial charge is 0.243 e. The minimum absolute atomic E-state index is 0.133. The van der Waals surface area contributed by atoms with Gasteiger partial charge in [0.1, 0.15) is 18.1 Å². The fourth-order valence-electron chi connectivity index (χ4n) is 3.64. The summed E-state index contributed by atoms with van der Waals surface area (Å²) < 4.78 is 38.0. The molecular formula is C26H38N4O6S. The van der Waals surface area contributed by atoms with E-state index < -0.39 is 22.5 Å². The molecule has 2 aromatic carbocycles. The fraction of sp³-hybridized carbons (Fsp3) is 0.462. The molecule has 37 heavy (non-hydrogen) atoms. The first-order valence-electron chi connectivity index (χ1n) is 11.8. The standard InChI is InChI=1S/C26H38N4O6S/c1-19-14-23(35-7)15-20(2)26(19)37(33,34)30(6)18-24(31)27-16-25(32)29(5)17-21-8-10-22(11-9-21)36-13-12-28(3)4/h8-11,14-15H,12-13,16-18H2,1-7H3,(H,27,31). The Balaban J connectivity index is 1.87.